The number of likely N-dealkylation sites (tertiary alicyclic amines) is 1. The van der Waals surface area contributed by atoms with Crippen LogP contribution in [0.3, 0.4) is 0 Å². The lowest BCUT2D eigenvalue weighted by molar-refractivity contribution is 0.0713. The summed E-state index contributed by atoms with van der Waals surface area (Å²) in [4.78, 5) is 32.8. The van der Waals surface area contributed by atoms with Crippen LogP contribution in [0.15, 0.2) is 90.0 Å². The number of para-hydroxylation sites is 1. The van der Waals surface area contributed by atoms with Crippen molar-refractivity contribution in [1.29, 1.82) is 0 Å². The standard InChI is InChI=1S/C32H30FN7O4S/c1-20-18-23(33)12-13-26(20)37-29-25(32(42)39-16-14-22(15-17-39)21-8-4-2-5-9-21)19-35-30-28(45(34,43)44)27(38-40(29)30)31(41)36-24-10-6-3-7-11-24/h2-13,18-19,22,37H,14-17H2,1H3,(H,36,41)(H2,34,43,44). The normalized spacial score (nSPS) is 14.0. The van der Waals surface area contributed by atoms with Crippen LogP contribution in [0.2, 0.25) is 0 Å². The van der Waals surface area contributed by atoms with E-state index in [-0.39, 0.29) is 22.9 Å². The summed E-state index contributed by atoms with van der Waals surface area (Å²) in [5.41, 5.74) is 1.91. The van der Waals surface area contributed by atoms with Gasteiger partial charge < -0.3 is 15.5 Å². The predicted octanol–water partition coefficient (Wildman–Crippen LogP) is 4.84. The van der Waals surface area contributed by atoms with Gasteiger partial charge in [-0.2, -0.15) is 9.61 Å². The van der Waals surface area contributed by atoms with Crippen LogP contribution in [0.25, 0.3) is 5.65 Å². The van der Waals surface area contributed by atoms with Crippen molar-refractivity contribution in [2.24, 2.45) is 5.14 Å². The number of benzene rings is 3. The van der Waals surface area contributed by atoms with Gasteiger partial charge in [0.05, 0.1) is 0 Å². The molecule has 0 bridgehead atoms. The Morgan fingerprint density at radius 2 is 1.64 bits per heavy atom. The van der Waals surface area contributed by atoms with E-state index >= 15 is 0 Å². The molecule has 1 aliphatic rings. The summed E-state index contributed by atoms with van der Waals surface area (Å²) in [5.74, 6) is -1.29. The van der Waals surface area contributed by atoms with Crippen LogP contribution in [0, 0.1) is 12.7 Å². The number of nitrogens with zero attached hydrogens (tertiary/aromatic N) is 4. The van der Waals surface area contributed by atoms with Crippen molar-refractivity contribution in [2.45, 2.75) is 30.6 Å². The number of rotatable bonds is 7. The number of halogens is 1. The van der Waals surface area contributed by atoms with E-state index in [0.717, 1.165) is 17.4 Å². The number of nitrogens with two attached hydrogens (primary N) is 1. The summed E-state index contributed by atoms with van der Waals surface area (Å²) in [5, 5.41) is 15.7. The van der Waals surface area contributed by atoms with Gasteiger partial charge in [-0.25, -0.2) is 22.9 Å². The third-order valence-electron chi connectivity index (χ3n) is 7.86. The average Bonchev–Trinajstić information content (AvgIpc) is 3.44. The highest BCUT2D eigenvalue weighted by Gasteiger charge is 2.33. The number of nitrogens with one attached hydrogen (secondary N) is 2. The van der Waals surface area contributed by atoms with Crippen LogP contribution in [0.4, 0.5) is 21.6 Å². The molecule has 1 saturated heterocycles. The first-order chi connectivity index (χ1) is 21.6. The number of carbonyl (C=O) groups is 2. The molecule has 0 atom stereocenters. The fourth-order valence-electron chi connectivity index (χ4n) is 5.57. The molecule has 1 aliphatic heterocycles. The number of aryl methyl sites for hydroxylation is 1. The summed E-state index contributed by atoms with van der Waals surface area (Å²) in [6.07, 6.45) is 2.76. The summed E-state index contributed by atoms with van der Waals surface area (Å²) < 4.78 is 40.7. The van der Waals surface area contributed by atoms with E-state index in [1.54, 1.807) is 42.2 Å². The van der Waals surface area contributed by atoms with Gasteiger partial charge in [-0.15, -0.1) is 0 Å². The molecule has 2 aromatic heterocycles. The molecule has 1 fully saturated rings. The van der Waals surface area contributed by atoms with Gasteiger partial charge in [0.2, 0.25) is 10.0 Å². The quantitative estimate of drug-likeness (QED) is 0.234. The Bertz CT molecular complexity index is 2010. The van der Waals surface area contributed by atoms with Gasteiger partial charge in [0.25, 0.3) is 11.8 Å². The number of sulfonamides is 1. The van der Waals surface area contributed by atoms with Crippen LogP contribution >= 0.6 is 0 Å². The molecule has 13 heteroatoms. The van der Waals surface area contributed by atoms with Crippen molar-refractivity contribution in [3.63, 3.8) is 0 Å². The van der Waals surface area contributed by atoms with Gasteiger partial charge in [-0.3, -0.25) is 9.59 Å². The van der Waals surface area contributed by atoms with E-state index in [1.165, 1.54) is 30.0 Å². The van der Waals surface area contributed by atoms with E-state index in [9.17, 15) is 22.4 Å². The second-order valence-corrected chi connectivity index (χ2v) is 12.4. The Morgan fingerprint density at radius 1 is 0.978 bits per heavy atom. The Morgan fingerprint density at radius 3 is 2.29 bits per heavy atom. The molecule has 2 amide bonds. The zero-order valence-electron chi connectivity index (χ0n) is 24.3. The van der Waals surface area contributed by atoms with E-state index < -0.39 is 32.3 Å². The van der Waals surface area contributed by atoms with Crippen LogP contribution in [0.5, 0.6) is 0 Å². The van der Waals surface area contributed by atoms with Crippen molar-refractivity contribution >= 4 is 44.7 Å². The number of fused-ring (bicyclic) bond motifs is 1. The highest BCUT2D eigenvalue weighted by atomic mass is 32.2. The van der Waals surface area contributed by atoms with Crippen LogP contribution in [-0.4, -0.2) is 52.8 Å². The zero-order chi connectivity index (χ0) is 31.7. The maximum absolute atomic E-state index is 14.0. The highest BCUT2D eigenvalue weighted by Crippen LogP contribution is 2.32. The molecular formula is C32H30FN7O4S. The van der Waals surface area contributed by atoms with Gasteiger partial charge in [-0.05, 0) is 67.1 Å². The smallest absolute Gasteiger partial charge is 0.277 e. The maximum atomic E-state index is 14.0. The highest BCUT2D eigenvalue weighted by molar-refractivity contribution is 7.89. The Balaban J connectivity index is 1.44. The summed E-state index contributed by atoms with van der Waals surface area (Å²) in [7, 11) is -4.52. The molecule has 3 aromatic carbocycles. The van der Waals surface area contributed by atoms with E-state index in [0.29, 0.717) is 35.9 Å². The molecule has 0 spiro atoms. The number of anilines is 3. The van der Waals surface area contributed by atoms with E-state index in [1.807, 2.05) is 18.2 Å². The van der Waals surface area contributed by atoms with Crippen molar-refractivity contribution in [3.05, 3.63) is 113 Å². The summed E-state index contributed by atoms with van der Waals surface area (Å²) in [6.45, 7) is 2.65. The van der Waals surface area contributed by atoms with Gasteiger partial charge in [-0.1, -0.05) is 48.5 Å². The molecule has 0 radical (unpaired) electrons. The predicted molar refractivity (Wildman–Crippen MR) is 167 cm³/mol. The molecule has 4 N–H and O–H groups in total. The fourth-order valence-corrected chi connectivity index (χ4v) is 6.37. The molecule has 5 aromatic rings. The fraction of sp³-hybridized carbons (Fsp3) is 0.188. The third kappa shape index (κ3) is 6.12. The van der Waals surface area contributed by atoms with Crippen molar-refractivity contribution in [3.8, 4) is 0 Å². The number of piperidine rings is 1. The lowest BCUT2D eigenvalue weighted by Gasteiger charge is -2.32. The number of hydrogen-bond donors (Lipinski definition) is 3. The Kier molecular flexibility index (Phi) is 8.04. The minimum Gasteiger partial charge on any atom is -0.339 e. The minimum absolute atomic E-state index is 0.0496. The minimum atomic E-state index is -4.52. The number of carbonyl (C=O) groups excluding carboxylic acids is 2. The monoisotopic (exact) mass is 627 g/mol. The Hall–Kier alpha value is -5.14. The van der Waals surface area contributed by atoms with Gasteiger partial charge >= 0.3 is 0 Å². The summed E-state index contributed by atoms with van der Waals surface area (Å²) >= 11 is 0. The Labute approximate surface area is 258 Å². The largest absolute Gasteiger partial charge is 0.339 e. The van der Waals surface area contributed by atoms with E-state index in [4.69, 9.17) is 5.14 Å². The molecule has 6 rings (SSSR count). The molecule has 0 unspecified atom stereocenters. The second-order valence-electron chi connectivity index (χ2n) is 10.9. The van der Waals surface area contributed by atoms with Crippen molar-refractivity contribution < 1.29 is 22.4 Å². The average molecular weight is 628 g/mol. The zero-order valence-corrected chi connectivity index (χ0v) is 25.1. The first kappa shape index (κ1) is 29.9. The van der Waals surface area contributed by atoms with Crippen LogP contribution in [-0.2, 0) is 10.0 Å². The maximum Gasteiger partial charge on any atom is 0.277 e. The SMILES string of the molecule is Cc1cc(F)ccc1Nc1c(C(=O)N2CCC(c3ccccc3)CC2)cnc2c(S(N)(=O)=O)c(C(=O)Nc3ccccc3)nn12. The van der Waals surface area contributed by atoms with E-state index in [2.05, 4.69) is 32.8 Å². The number of hydrogen-bond acceptors (Lipinski definition) is 7. The first-order valence-electron chi connectivity index (χ1n) is 14.3. The van der Waals surface area contributed by atoms with Crippen molar-refractivity contribution in [2.75, 3.05) is 23.7 Å². The third-order valence-corrected chi connectivity index (χ3v) is 8.80. The summed E-state index contributed by atoms with van der Waals surface area (Å²) in [6, 6.07) is 22.6. The van der Waals surface area contributed by atoms with Crippen LogP contribution < -0.4 is 15.8 Å². The van der Waals surface area contributed by atoms with Gasteiger partial charge in [0, 0.05) is 30.7 Å². The number of primary sulfonamides is 1. The molecule has 230 valence electrons. The lowest BCUT2D eigenvalue weighted by atomic mass is 9.89. The topological polar surface area (TPSA) is 152 Å². The van der Waals surface area contributed by atoms with Crippen LogP contribution in [0.1, 0.15) is 50.7 Å². The first-order valence-corrected chi connectivity index (χ1v) is 15.8. The lowest BCUT2D eigenvalue weighted by Crippen LogP contribution is -2.38. The number of amides is 2. The molecule has 11 nitrogen and oxygen atoms in total. The van der Waals surface area contributed by atoms with Crippen molar-refractivity contribution in [1.82, 2.24) is 19.5 Å². The second kappa shape index (κ2) is 12.1. The van der Waals surface area contributed by atoms with Gasteiger partial charge in [0.1, 0.15) is 17.2 Å². The molecule has 0 aliphatic carbocycles. The molecular weight excluding hydrogens is 597 g/mol. The molecule has 3 heterocycles. The number of aromatic nitrogens is 3. The molecule has 45 heavy (non-hydrogen) atoms. The van der Waals surface area contributed by atoms with Gasteiger partial charge in [0.15, 0.2) is 16.2 Å². The molecule has 0 saturated carbocycles.